The minimum absolute atomic E-state index is 0.924. The van der Waals surface area contributed by atoms with Gasteiger partial charge in [0.15, 0.2) is 0 Å². The lowest BCUT2D eigenvalue weighted by Gasteiger charge is -2.16. The molecule has 42 heavy (non-hydrogen) atoms. The summed E-state index contributed by atoms with van der Waals surface area (Å²) in [6.45, 7) is 8.61. The molecule has 0 unspecified atom stereocenters. The maximum Gasteiger partial charge on any atom is 0.0978 e. The van der Waals surface area contributed by atoms with Gasteiger partial charge in [0.25, 0.3) is 0 Å². The van der Waals surface area contributed by atoms with E-state index in [4.69, 9.17) is 9.97 Å². The first-order valence-electron chi connectivity index (χ1n) is 14.5. The van der Waals surface area contributed by atoms with Gasteiger partial charge in [0.05, 0.1) is 22.4 Å². The number of pyridine rings is 2. The van der Waals surface area contributed by atoms with Crippen LogP contribution in [0.3, 0.4) is 0 Å². The Balaban J connectivity index is 1.62. The SMILES string of the molecule is Cc1ccc(-c2cc(-c3ccccc3)c3ccc4c(-c5ccccc5)cc(-c5ccc(C)cc5C)nc4c3n2)c(C)c1. The summed E-state index contributed by atoms with van der Waals surface area (Å²) in [6, 6.07) is 43.4. The van der Waals surface area contributed by atoms with Crippen LogP contribution in [-0.2, 0) is 0 Å². The lowest BCUT2D eigenvalue weighted by atomic mass is 9.92. The molecule has 5 aromatic carbocycles. The first kappa shape index (κ1) is 25.9. The Morgan fingerprint density at radius 1 is 0.381 bits per heavy atom. The summed E-state index contributed by atoms with van der Waals surface area (Å²) in [4.78, 5) is 10.8. The molecule has 7 rings (SSSR count). The first-order chi connectivity index (χ1) is 20.5. The van der Waals surface area contributed by atoms with Gasteiger partial charge in [-0.3, -0.25) is 0 Å². The predicted molar refractivity (Wildman–Crippen MR) is 178 cm³/mol. The summed E-state index contributed by atoms with van der Waals surface area (Å²) < 4.78 is 0. The van der Waals surface area contributed by atoms with E-state index in [2.05, 4.69) is 149 Å². The van der Waals surface area contributed by atoms with Crippen LogP contribution < -0.4 is 0 Å². The molecule has 0 aliphatic rings. The molecular weight excluding hydrogens is 508 g/mol. The van der Waals surface area contributed by atoms with Crippen molar-refractivity contribution in [2.24, 2.45) is 0 Å². The zero-order valence-corrected chi connectivity index (χ0v) is 24.4. The highest BCUT2D eigenvalue weighted by Crippen LogP contribution is 2.40. The van der Waals surface area contributed by atoms with Crippen LogP contribution in [0.4, 0.5) is 0 Å². The second-order valence-electron chi connectivity index (χ2n) is 11.3. The van der Waals surface area contributed by atoms with Crippen LogP contribution in [0.25, 0.3) is 66.6 Å². The fourth-order valence-corrected chi connectivity index (χ4v) is 6.17. The quantitative estimate of drug-likeness (QED) is 0.208. The molecule has 0 bridgehead atoms. The topological polar surface area (TPSA) is 25.8 Å². The van der Waals surface area contributed by atoms with E-state index in [9.17, 15) is 0 Å². The third-order valence-electron chi connectivity index (χ3n) is 8.24. The van der Waals surface area contributed by atoms with Gasteiger partial charge in [0.1, 0.15) is 0 Å². The highest BCUT2D eigenvalue weighted by Gasteiger charge is 2.18. The van der Waals surface area contributed by atoms with Crippen molar-refractivity contribution in [3.05, 3.63) is 144 Å². The van der Waals surface area contributed by atoms with Gasteiger partial charge in [-0.2, -0.15) is 0 Å². The standard InChI is InChI=1S/C40H32N2/c1-25-15-17-31(27(3)21-25)37-23-35(29-11-7-5-8-12-29)33-19-20-34-36(30-13-9-6-10-14-30)24-38(42-40(34)39(33)41-37)32-18-16-26(2)22-28(32)4/h5-24H,1-4H3. The number of rotatable bonds is 4. The maximum absolute atomic E-state index is 5.39. The summed E-state index contributed by atoms with van der Waals surface area (Å²) in [5, 5.41) is 2.21. The van der Waals surface area contributed by atoms with E-state index in [1.807, 2.05) is 0 Å². The lowest BCUT2D eigenvalue weighted by molar-refractivity contribution is 1.32. The van der Waals surface area contributed by atoms with Gasteiger partial charge < -0.3 is 0 Å². The smallest absolute Gasteiger partial charge is 0.0978 e. The number of aryl methyl sites for hydroxylation is 4. The van der Waals surface area contributed by atoms with Gasteiger partial charge in [-0.15, -0.1) is 0 Å². The van der Waals surface area contributed by atoms with Crippen LogP contribution >= 0.6 is 0 Å². The Morgan fingerprint density at radius 3 is 1.17 bits per heavy atom. The Morgan fingerprint density at radius 2 is 0.786 bits per heavy atom. The number of nitrogens with zero attached hydrogens (tertiary/aromatic N) is 2. The molecule has 2 heteroatoms. The molecular formula is C40H32N2. The van der Waals surface area contributed by atoms with Crippen molar-refractivity contribution in [3.8, 4) is 44.8 Å². The molecule has 0 radical (unpaired) electrons. The third-order valence-corrected chi connectivity index (χ3v) is 8.24. The number of benzene rings is 5. The largest absolute Gasteiger partial charge is 0.245 e. The van der Waals surface area contributed by atoms with E-state index < -0.39 is 0 Å². The Kier molecular flexibility index (Phi) is 6.40. The van der Waals surface area contributed by atoms with Crippen LogP contribution in [0.2, 0.25) is 0 Å². The molecule has 0 N–H and O–H groups in total. The zero-order chi connectivity index (χ0) is 28.8. The number of hydrogen-bond acceptors (Lipinski definition) is 2. The molecule has 202 valence electrons. The minimum atomic E-state index is 0.924. The molecule has 2 heterocycles. The number of fused-ring (bicyclic) bond motifs is 3. The molecule has 0 aliphatic heterocycles. The second-order valence-corrected chi connectivity index (χ2v) is 11.3. The maximum atomic E-state index is 5.39. The fourth-order valence-electron chi connectivity index (χ4n) is 6.17. The van der Waals surface area contributed by atoms with Crippen molar-refractivity contribution >= 4 is 21.8 Å². The van der Waals surface area contributed by atoms with E-state index in [0.29, 0.717) is 0 Å². The van der Waals surface area contributed by atoms with Gasteiger partial charge in [-0.05, 0) is 73.2 Å². The van der Waals surface area contributed by atoms with E-state index in [-0.39, 0.29) is 0 Å². The van der Waals surface area contributed by atoms with E-state index in [0.717, 1.165) is 55.4 Å². The van der Waals surface area contributed by atoms with Gasteiger partial charge in [-0.1, -0.05) is 120 Å². The summed E-state index contributed by atoms with van der Waals surface area (Å²) in [6.07, 6.45) is 0. The molecule has 0 fully saturated rings. The zero-order valence-electron chi connectivity index (χ0n) is 24.4. The molecule has 0 saturated carbocycles. The van der Waals surface area contributed by atoms with Gasteiger partial charge in [0.2, 0.25) is 0 Å². The molecule has 0 spiro atoms. The average Bonchev–Trinajstić information content (AvgIpc) is 3.01. The van der Waals surface area contributed by atoms with Crippen LogP contribution in [0.15, 0.2) is 121 Å². The molecule has 2 aromatic heterocycles. The van der Waals surface area contributed by atoms with Gasteiger partial charge in [0, 0.05) is 21.9 Å². The van der Waals surface area contributed by atoms with Crippen LogP contribution in [0.5, 0.6) is 0 Å². The van der Waals surface area contributed by atoms with Crippen molar-refractivity contribution in [1.82, 2.24) is 9.97 Å². The van der Waals surface area contributed by atoms with Crippen LogP contribution in [-0.4, -0.2) is 9.97 Å². The summed E-state index contributed by atoms with van der Waals surface area (Å²) >= 11 is 0. The summed E-state index contributed by atoms with van der Waals surface area (Å²) in [5.41, 5.74) is 15.7. The summed E-state index contributed by atoms with van der Waals surface area (Å²) in [5.74, 6) is 0. The van der Waals surface area contributed by atoms with Gasteiger partial charge >= 0.3 is 0 Å². The second kappa shape index (κ2) is 10.4. The van der Waals surface area contributed by atoms with Crippen molar-refractivity contribution in [3.63, 3.8) is 0 Å². The molecule has 0 saturated heterocycles. The monoisotopic (exact) mass is 540 g/mol. The normalized spacial score (nSPS) is 11.3. The van der Waals surface area contributed by atoms with Crippen molar-refractivity contribution in [2.45, 2.75) is 27.7 Å². The van der Waals surface area contributed by atoms with Gasteiger partial charge in [-0.25, -0.2) is 9.97 Å². The number of hydrogen-bond donors (Lipinski definition) is 0. The summed E-state index contributed by atoms with van der Waals surface area (Å²) in [7, 11) is 0. The average molecular weight is 541 g/mol. The van der Waals surface area contributed by atoms with E-state index in [1.54, 1.807) is 0 Å². The van der Waals surface area contributed by atoms with E-state index >= 15 is 0 Å². The van der Waals surface area contributed by atoms with E-state index in [1.165, 1.54) is 33.4 Å². The highest BCUT2D eigenvalue weighted by atomic mass is 14.8. The van der Waals surface area contributed by atoms with Crippen LogP contribution in [0.1, 0.15) is 22.3 Å². The third kappa shape index (κ3) is 4.55. The molecule has 0 amide bonds. The molecule has 0 atom stereocenters. The predicted octanol–water partition coefficient (Wildman–Crippen LogP) is 10.7. The molecule has 0 aliphatic carbocycles. The highest BCUT2D eigenvalue weighted by molar-refractivity contribution is 6.13. The Labute approximate surface area is 247 Å². The number of aromatic nitrogens is 2. The molecule has 7 aromatic rings. The first-order valence-corrected chi connectivity index (χ1v) is 14.5. The van der Waals surface area contributed by atoms with Crippen molar-refractivity contribution in [2.75, 3.05) is 0 Å². The lowest BCUT2D eigenvalue weighted by Crippen LogP contribution is -1.97. The molecule has 2 nitrogen and oxygen atoms in total. The van der Waals surface area contributed by atoms with Crippen LogP contribution in [0, 0.1) is 27.7 Å². The Hall–Kier alpha value is -5.08. The minimum Gasteiger partial charge on any atom is -0.245 e. The fraction of sp³-hybridized carbons (Fsp3) is 0.100. The van der Waals surface area contributed by atoms with Crippen molar-refractivity contribution in [1.29, 1.82) is 0 Å². The Bertz CT molecular complexity index is 1960. The van der Waals surface area contributed by atoms with Crippen molar-refractivity contribution < 1.29 is 0 Å².